The van der Waals surface area contributed by atoms with Crippen LogP contribution in [0.5, 0.6) is 0 Å². The summed E-state index contributed by atoms with van der Waals surface area (Å²) in [4.78, 5) is 18.8. The maximum atomic E-state index is 13.3. The Hall–Kier alpha value is -3.36. The summed E-state index contributed by atoms with van der Waals surface area (Å²) in [6, 6.07) is 14.7. The van der Waals surface area contributed by atoms with Crippen LogP contribution in [0.4, 0.5) is 0 Å². The van der Waals surface area contributed by atoms with Gasteiger partial charge in [0.25, 0.3) is 5.56 Å². The zero-order valence-electron chi connectivity index (χ0n) is 22.2. The first kappa shape index (κ1) is 25.3. The normalized spacial score (nSPS) is 16.6. The average Bonchev–Trinajstić information content (AvgIpc) is 3.57. The molecule has 3 heterocycles. The second-order valence-electron chi connectivity index (χ2n) is 10.3. The fraction of sp³-hybridized carbons (Fsp3) is 0.448. The number of hydrogen-bond donors (Lipinski definition) is 1. The Morgan fingerprint density at radius 3 is 2.62 bits per heavy atom. The van der Waals surface area contributed by atoms with Gasteiger partial charge in [-0.05, 0) is 73.2 Å². The highest BCUT2D eigenvalue weighted by Gasteiger charge is 2.28. The fourth-order valence-corrected chi connectivity index (χ4v) is 5.32. The molecule has 194 valence electrons. The Kier molecular flexibility index (Phi) is 7.48. The molecule has 0 aliphatic carbocycles. The molecule has 1 aliphatic heterocycles. The molecule has 1 N–H and O–H groups in total. The minimum absolute atomic E-state index is 0.0519. The number of hydrogen-bond acceptors (Lipinski definition) is 6. The first-order valence-electron chi connectivity index (χ1n) is 13.2. The largest absolute Gasteiger partial charge is 0.376 e. The van der Waals surface area contributed by atoms with Gasteiger partial charge in [0.1, 0.15) is 0 Å². The number of nitrogens with one attached hydrogen (secondary N) is 1. The van der Waals surface area contributed by atoms with Crippen molar-refractivity contribution in [3.8, 4) is 0 Å². The third kappa shape index (κ3) is 5.50. The van der Waals surface area contributed by atoms with Gasteiger partial charge in [-0.2, -0.15) is 0 Å². The fourth-order valence-electron chi connectivity index (χ4n) is 5.32. The molecule has 5 rings (SSSR count). The minimum atomic E-state index is -0.0635. The number of benzene rings is 2. The number of pyridine rings is 1. The predicted octanol–water partition coefficient (Wildman–Crippen LogP) is 4.77. The lowest BCUT2D eigenvalue weighted by molar-refractivity contribution is 0.0888. The van der Waals surface area contributed by atoms with Gasteiger partial charge in [-0.3, -0.25) is 9.69 Å². The molecular weight excluding hydrogens is 464 g/mol. The summed E-state index contributed by atoms with van der Waals surface area (Å²) in [7, 11) is 0. The Morgan fingerprint density at radius 1 is 1.11 bits per heavy atom. The highest BCUT2D eigenvalue weighted by atomic mass is 16.5. The van der Waals surface area contributed by atoms with Crippen LogP contribution in [0.2, 0.25) is 0 Å². The Balaban J connectivity index is 1.52. The van der Waals surface area contributed by atoms with Crippen LogP contribution in [-0.4, -0.2) is 42.8 Å². The number of ether oxygens (including phenoxy) is 1. The second-order valence-corrected chi connectivity index (χ2v) is 10.3. The van der Waals surface area contributed by atoms with E-state index in [1.807, 2.05) is 11.6 Å². The van der Waals surface area contributed by atoms with Crippen molar-refractivity contribution in [2.45, 2.75) is 78.7 Å². The van der Waals surface area contributed by atoms with Crippen LogP contribution in [0.25, 0.3) is 10.9 Å². The van der Waals surface area contributed by atoms with E-state index in [9.17, 15) is 4.79 Å². The summed E-state index contributed by atoms with van der Waals surface area (Å²) in [5.74, 6) is 0.814. The molecule has 1 aliphatic rings. The van der Waals surface area contributed by atoms with E-state index >= 15 is 0 Å². The SMILES string of the molecule is CC[C@H](c1nnnn1C[C@@H]1CCCO1)N(Cc1ccc(C)cc1)Cc1cc2c(C)ccc(C)c2[nH]c1=O. The Bertz CT molecular complexity index is 1420. The zero-order valence-corrected chi connectivity index (χ0v) is 22.2. The molecule has 0 spiro atoms. The predicted molar refractivity (Wildman–Crippen MR) is 144 cm³/mol. The molecule has 8 nitrogen and oxygen atoms in total. The summed E-state index contributed by atoms with van der Waals surface area (Å²) in [5.41, 5.74) is 6.22. The molecule has 1 saturated heterocycles. The topological polar surface area (TPSA) is 88.9 Å². The van der Waals surface area contributed by atoms with Crippen LogP contribution in [-0.2, 0) is 24.4 Å². The monoisotopic (exact) mass is 500 g/mol. The lowest BCUT2D eigenvalue weighted by Gasteiger charge is -2.30. The Labute approximate surface area is 217 Å². The third-order valence-electron chi connectivity index (χ3n) is 7.49. The maximum absolute atomic E-state index is 13.3. The van der Waals surface area contributed by atoms with Crippen molar-refractivity contribution < 1.29 is 4.74 Å². The standard InChI is InChI=1S/C29H36N6O2/c1-5-26(28-31-32-33-35(28)18-24-7-6-14-37-24)34(16-22-12-8-19(2)9-13-22)17-23-15-25-20(3)10-11-21(4)27(25)30-29(23)36/h8-13,15,24,26H,5-7,14,16-18H2,1-4H3,(H,30,36)/t24-,26+/m0/s1. The van der Waals surface area contributed by atoms with Gasteiger partial charge in [0.2, 0.25) is 0 Å². The summed E-state index contributed by atoms with van der Waals surface area (Å²) in [6.45, 7) is 11.0. The van der Waals surface area contributed by atoms with E-state index in [0.29, 0.717) is 19.6 Å². The minimum Gasteiger partial charge on any atom is -0.376 e. The number of nitrogens with zero attached hydrogens (tertiary/aromatic N) is 5. The molecule has 0 unspecified atom stereocenters. The van der Waals surface area contributed by atoms with Crippen LogP contribution in [0, 0.1) is 20.8 Å². The molecule has 0 bridgehead atoms. The van der Waals surface area contributed by atoms with E-state index in [1.54, 1.807) is 0 Å². The van der Waals surface area contributed by atoms with Crippen molar-refractivity contribution >= 4 is 10.9 Å². The maximum Gasteiger partial charge on any atom is 0.252 e. The molecule has 2 aromatic carbocycles. The summed E-state index contributed by atoms with van der Waals surface area (Å²) in [5, 5.41) is 13.9. The molecule has 1 fully saturated rings. The van der Waals surface area contributed by atoms with Gasteiger partial charge in [-0.25, -0.2) is 4.68 Å². The van der Waals surface area contributed by atoms with Gasteiger partial charge in [-0.15, -0.1) is 5.10 Å². The summed E-state index contributed by atoms with van der Waals surface area (Å²) >= 11 is 0. The van der Waals surface area contributed by atoms with E-state index < -0.39 is 0 Å². The molecule has 4 aromatic rings. The quantitative estimate of drug-likeness (QED) is 0.356. The highest BCUT2D eigenvalue weighted by molar-refractivity contribution is 5.85. The first-order valence-corrected chi connectivity index (χ1v) is 13.2. The number of fused-ring (bicyclic) bond motifs is 1. The highest BCUT2D eigenvalue weighted by Crippen LogP contribution is 2.28. The number of aromatic nitrogens is 5. The average molecular weight is 501 g/mol. The Morgan fingerprint density at radius 2 is 1.89 bits per heavy atom. The van der Waals surface area contributed by atoms with Gasteiger partial charge in [0.05, 0.1) is 24.2 Å². The molecular formula is C29H36N6O2. The van der Waals surface area contributed by atoms with E-state index in [0.717, 1.165) is 59.3 Å². The smallest absolute Gasteiger partial charge is 0.252 e. The van der Waals surface area contributed by atoms with Crippen LogP contribution in [0.3, 0.4) is 0 Å². The number of rotatable bonds is 9. The lowest BCUT2D eigenvalue weighted by Crippen LogP contribution is -2.33. The van der Waals surface area contributed by atoms with E-state index in [4.69, 9.17) is 4.74 Å². The van der Waals surface area contributed by atoms with E-state index in [1.165, 1.54) is 11.1 Å². The molecule has 0 saturated carbocycles. The van der Waals surface area contributed by atoms with Gasteiger partial charge in [0.15, 0.2) is 5.82 Å². The van der Waals surface area contributed by atoms with Crippen molar-refractivity contribution in [3.63, 3.8) is 0 Å². The van der Waals surface area contributed by atoms with Gasteiger partial charge >= 0.3 is 0 Å². The van der Waals surface area contributed by atoms with Gasteiger partial charge in [-0.1, -0.05) is 48.9 Å². The van der Waals surface area contributed by atoms with Crippen LogP contribution in [0.1, 0.15) is 65.9 Å². The molecule has 0 radical (unpaired) electrons. The zero-order chi connectivity index (χ0) is 25.9. The number of aryl methyl sites for hydroxylation is 3. The number of aromatic amines is 1. The second kappa shape index (κ2) is 10.9. The summed E-state index contributed by atoms with van der Waals surface area (Å²) in [6.07, 6.45) is 3.04. The lowest BCUT2D eigenvalue weighted by atomic mass is 10.0. The number of tetrazole rings is 1. The van der Waals surface area contributed by atoms with E-state index in [-0.39, 0.29) is 17.7 Å². The van der Waals surface area contributed by atoms with Crippen LogP contribution < -0.4 is 5.56 Å². The van der Waals surface area contributed by atoms with Crippen molar-refractivity contribution in [3.05, 3.63) is 86.5 Å². The van der Waals surface area contributed by atoms with E-state index in [2.05, 4.69) is 88.6 Å². The van der Waals surface area contributed by atoms with Gasteiger partial charge < -0.3 is 9.72 Å². The third-order valence-corrected chi connectivity index (χ3v) is 7.49. The van der Waals surface area contributed by atoms with Gasteiger partial charge in [0, 0.05) is 30.6 Å². The van der Waals surface area contributed by atoms with Crippen molar-refractivity contribution in [2.24, 2.45) is 0 Å². The van der Waals surface area contributed by atoms with Crippen LogP contribution in [0.15, 0.2) is 47.3 Å². The molecule has 0 amide bonds. The number of H-pyrrole nitrogens is 1. The molecule has 2 aromatic heterocycles. The molecule has 37 heavy (non-hydrogen) atoms. The molecule has 2 atom stereocenters. The van der Waals surface area contributed by atoms with Crippen molar-refractivity contribution in [2.75, 3.05) is 6.61 Å². The first-order chi connectivity index (χ1) is 17.9. The van der Waals surface area contributed by atoms with Crippen molar-refractivity contribution in [1.29, 1.82) is 0 Å². The summed E-state index contributed by atoms with van der Waals surface area (Å²) < 4.78 is 7.75. The van der Waals surface area contributed by atoms with Crippen LogP contribution >= 0.6 is 0 Å². The van der Waals surface area contributed by atoms with Crippen molar-refractivity contribution in [1.82, 2.24) is 30.1 Å². The molecule has 8 heteroatoms.